The number of carbonyl (C=O) groups excluding carboxylic acids is 1. The zero-order valence-corrected chi connectivity index (χ0v) is 12.0. The lowest BCUT2D eigenvalue weighted by atomic mass is 10.2. The topological polar surface area (TPSA) is 54.9 Å². The predicted molar refractivity (Wildman–Crippen MR) is 76.1 cm³/mol. The maximum Gasteiger partial charge on any atom is 0.306 e. The summed E-state index contributed by atoms with van der Waals surface area (Å²) in [5.41, 5.74) is 1.13. The van der Waals surface area contributed by atoms with Crippen molar-refractivity contribution in [1.82, 2.24) is 9.88 Å². The van der Waals surface area contributed by atoms with E-state index in [2.05, 4.69) is 19.5 Å². The van der Waals surface area contributed by atoms with Crippen molar-refractivity contribution < 1.29 is 14.3 Å². The Bertz CT molecular complexity index is 445. The molecule has 6 heteroatoms. The molecule has 20 heavy (non-hydrogen) atoms. The Kier molecular flexibility index (Phi) is 5.17. The molecule has 110 valence electrons. The summed E-state index contributed by atoms with van der Waals surface area (Å²) in [5.74, 6) is 0.488. The third-order valence-corrected chi connectivity index (χ3v) is 3.52. The van der Waals surface area contributed by atoms with E-state index in [1.165, 1.54) is 7.11 Å². The first kappa shape index (κ1) is 14.6. The highest BCUT2D eigenvalue weighted by atomic mass is 16.5. The lowest BCUT2D eigenvalue weighted by molar-refractivity contribution is -0.141. The van der Waals surface area contributed by atoms with Crippen LogP contribution in [0.15, 0.2) is 18.3 Å². The Morgan fingerprint density at radius 2 is 2.05 bits per heavy atom. The molecule has 1 aliphatic heterocycles. The first-order valence-corrected chi connectivity index (χ1v) is 6.77. The van der Waals surface area contributed by atoms with Gasteiger partial charge in [-0.15, -0.1) is 0 Å². The average Bonchev–Trinajstić information content (AvgIpc) is 2.53. The molecule has 6 nitrogen and oxygen atoms in total. The van der Waals surface area contributed by atoms with Gasteiger partial charge in [0.15, 0.2) is 0 Å². The van der Waals surface area contributed by atoms with E-state index < -0.39 is 0 Å². The summed E-state index contributed by atoms with van der Waals surface area (Å²) < 4.78 is 9.80. The molecule has 1 saturated heterocycles. The van der Waals surface area contributed by atoms with Crippen LogP contribution >= 0.6 is 0 Å². The van der Waals surface area contributed by atoms with Crippen LogP contribution in [0.25, 0.3) is 0 Å². The summed E-state index contributed by atoms with van der Waals surface area (Å²) in [6.45, 7) is 4.53. The van der Waals surface area contributed by atoms with Gasteiger partial charge >= 0.3 is 5.97 Å². The fraction of sp³-hybridized carbons (Fsp3) is 0.571. The highest BCUT2D eigenvalue weighted by Crippen LogP contribution is 2.19. The fourth-order valence-corrected chi connectivity index (χ4v) is 2.29. The minimum absolute atomic E-state index is 0.147. The third kappa shape index (κ3) is 3.84. The predicted octanol–water partition coefficient (Wildman–Crippen LogP) is 0.775. The number of piperazine rings is 1. The van der Waals surface area contributed by atoms with E-state index in [1.807, 2.05) is 12.1 Å². The van der Waals surface area contributed by atoms with Crippen LogP contribution in [0.3, 0.4) is 0 Å². The molecular weight excluding hydrogens is 258 g/mol. The molecule has 2 rings (SSSR count). The van der Waals surface area contributed by atoms with Crippen molar-refractivity contribution in [2.24, 2.45) is 0 Å². The zero-order chi connectivity index (χ0) is 14.4. The molecule has 0 bridgehead atoms. The number of ether oxygens (including phenoxy) is 2. The van der Waals surface area contributed by atoms with Crippen molar-refractivity contribution in [3.63, 3.8) is 0 Å². The molecule has 1 aliphatic rings. The monoisotopic (exact) mass is 279 g/mol. The molecule has 0 saturated carbocycles. The molecule has 1 fully saturated rings. The second-order valence-corrected chi connectivity index (χ2v) is 4.71. The van der Waals surface area contributed by atoms with E-state index in [0.29, 0.717) is 12.3 Å². The number of rotatable bonds is 5. The summed E-state index contributed by atoms with van der Waals surface area (Å²) in [7, 11) is 3.05. The maximum absolute atomic E-state index is 11.1. The summed E-state index contributed by atoms with van der Waals surface area (Å²) >= 11 is 0. The van der Waals surface area contributed by atoms with Gasteiger partial charge in [-0.1, -0.05) is 0 Å². The molecule has 0 unspecified atom stereocenters. The van der Waals surface area contributed by atoms with Gasteiger partial charge in [0.1, 0.15) is 0 Å². The van der Waals surface area contributed by atoms with E-state index in [1.54, 1.807) is 13.3 Å². The number of methoxy groups -OCH3 is 2. The number of pyridine rings is 1. The number of carbonyl (C=O) groups is 1. The number of hydrogen-bond donors (Lipinski definition) is 0. The minimum Gasteiger partial charge on any atom is -0.481 e. The smallest absolute Gasteiger partial charge is 0.306 e. The fourth-order valence-electron chi connectivity index (χ4n) is 2.29. The summed E-state index contributed by atoms with van der Waals surface area (Å²) in [6.07, 6.45) is 2.22. The highest BCUT2D eigenvalue weighted by Gasteiger charge is 2.18. The van der Waals surface area contributed by atoms with Gasteiger partial charge in [0.25, 0.3) is 0 Å². The molecule has 0 amide bonds. The SMILES string of the molecule is COC(=O)CCN1CCN(c2ccnc(OC)c2)CC1. The van der Waals surface area contributed by atoms with E-state index >= 15 is 0 Å². The summed E-state index contributed by atoms with van der Waals surface area (Å²) in [5, 5.41) is 0. The van der Waals surface area contributed by atoms with Crippen LogP contribution in [0.1, 0.15) is 6.42 Å². The first-order chi connectivity index (χ1) is 9.72. The third-order valence-electron chi connectivity index (χ3n) is 3.52. The van der Waals surface area contributed by atoms with Crippen molar-refractivity contribution >= 4 is 11.7 Å². The summed E-state index contributed by atoms with van der Waals surface area (Å²) in [6, 6.07) is 3.94. The molecule has 1 aromatic rings. The van der Waals surface area contributed by atoms with Gasteiger partial charge < -0.3 is 14.4 Å². The second-order valence-electron chi connectivity index (χ2n) is 4.71. The van der Waals surface area contributed by atoms with Crippen LogP contribution in [-0.4, -0.2) is 62.8 Å². The van der Waals surface area contributed by atoms with E-state index in [9.17, 15) is 4.79 Å². The molecule has 0 aliphatic carbocycles. The Labute approximate surface area is 119 Å². The first-order valence-electron chi connectivity index (χ1n) is 6.77. The number of hydrogen-bond acceptors (Lipinski definition) is 6. The zero-order valence-electron chi connectivity index (χ0n) is 12.0. The van der Waals surface area contributed by atoms with Crippen molar-refractivity contribution in [2.45, 2.75) is 6.42 Å². The van der Waals surface area contributed by atoms with Crippen LogP contribution in [-0.2, 0) is 9.53 Å². The second kappa shape index (κ2) is 7.09. The molecular formula is C14H21N3O3. The van der Waals surface area contributed by atoms with Gasteiger partial charge in [0, 0.05) is 50.7 Å². The molecule has 1 aromatic heterocycles. The highest BCUT2D eigenvalue weighted by molar-refractivity contribution is 5.69. The van der Waals surface area contributed by atoms with E-state index in [-0.39, 0.29) is 5.97 Å². The van der Waals surface area contributed by atoms with Gasteiger partial charge in [-0.2, -0.15) is 0 Å². The molecule has 2 heterocycles. The van der Waals surface area contributed by atoms with Crippen LogP contribution in [0.4, 0.5) is 5.69 Å². The van der Waals surface area contributed by atoms with Crippen molar-refractivity contribution in [1.29, 1.82) is 0 Å². The van der Waals surface area contributed by atoms with Gasteiger partial charge in [-0.05, 0) is 6.07 Å². The molecule has 0 spiro atoms. The number of aromatic nitrogens is 1. The van der Waals surface area contributed by atoms with Gasteiger partial charge in [-0.3, -0.25) is 9.69 Å². The van der Waals surface area contributed by atoms with Crippen LogP contribution in [0.2, 0.25) is 0 Å². The average molecular weight is 279 g/mol. The Morgan fingerprint density at radius 3 is 2.70 bits per heavy atom. The Balaban J connectivity index is 1.83. The summed E-state index contributed by atoms with van der Waals surface area (Å²) in [4.78, 5) is 19.8. The van der Waals surface area contributed by atoms with E-state index in [4.69, 9.17) is 4.74 Å². The molecule has 0 aromatic carbocycles. The lowest BCUT2D eigenvalue weighted by Gasteiger charge is -2.35. The van der Waals surface area contributed by atoms with Crippen molar-refractivity contribution in [3.8, 4) is 5.88 Å². The van der Waals surface area contributed by atoms with Gasteiger partial charge in [-0.25, -0.2) is 4.98 Å². The van der Waals surface area contributed by atoms with Crippen LogP contribution in [0, 0.1) is 0 Å². The number of anilines is 1. The maximum atomic E-state index is 11.1. The minimum atomic E-state index is -0.147. The van der Waals surface area contributed by atoms with Crippen molar-refractivity contribution in [3.05, 3.63) is 18.3 Å². The number of esters is 1. The van der Waals surface area contributed by atoms with Crippen LogP contribution in [0.5, 0.6) is 5.88 Å². The quantitative estimate of drug-likeness (QED) is 0.742. The normalized spacial score (nSPS) is 16.0. The Morgan fingerprint density at radius 1 is 1.30 bits per heavy atom. The number of nitrogens with zero attached hydrogens (tertiary/aromatic N) is 3. The lowest BCUT2D eigenvalue weighted by Crippen LogP contribution is -2.47. The largest absolute Gasteiger partial charge is 0.481 e. The van der Waals surface area contributed by atoms with Gasteiger partial charge in [0.2, 0.25) is 5.88 Å². The van der Waals surface area contributed by atoms with Crippen LogP contribution < -0.4 is 9.64 Å². The standard InChI is InChI=1S/C14H21N3O3/c1-19-13-11-12(3-5-15-13)17-9-7-16(8-10-17)6-4-14(18)20-2/h3,5,11H,4,6-10H2,1-2H3. The molecule has 0 atom stereocenters. The molecule has 0 N–H and O–H groups in total. The molecule has 0 radical (unpaired) electrons. The van der Waals surface area contributed by atoms with Gasteiger partial charge in [0.05, 0.1) is 20.6 Å². The van der Waals surface area contributed by atoms with E-state index in [0.717, 1.165) is 38.4 Å². The Hall–Kier alpha value is -1.82. The van der Waals surface area contributed by atoms with Crippen molar-refractivity contribution in [2.75, 3.05) is 51.8 Å².